The molecule has 4 nitrogen and oxygen atoms in total. The van der Waals surface area contributed by atoms with E-state index in [0.29, 0.717) is 5.95 Å². The highest BCUT2D eigenvalue weighted by molar-refractivity contribution is 7.16. The highest BCUT2D eigenvalue weighted by Crippen LogP contribution is 2.39. The quantitative estimate of drug-likeness (QED) is 0.197. The Morgan fingerprint density at radius 3 is 2.23 bits per heavy atom. The van der Waals surface area contributed by atoms with Gasteiger partial charge in [0, 0.05) is 39.0 Å². The third-order valence-corrected chi connectivity index (χ3v) is 10.1. The Labute approximate surface area is 274 Å². The number of aromatic nitrogens is 4. The Balaban J connectivity index is 1.23. The lowest BCUT2D eigenvalue weighted by Crippen LogP contribution is -2.03. The van der Waals surface area contributed by atoms with Crippen LogP contribution in [0.2, 0.25) is 0 Å². The summed E-state index contributed by atoms with van der Waals surface area (Å²) in [6.07, 6.45) is 2.16. The zero-order chi connectivity index (χ0) is 30.9. The maximum absolute atomic E-state index is 5.41. The molecule has 0 aliphatic carbocycles. The zero-order valence-electron chi connectivity index (χ0n) is 25.2. The third-order valence-electron chi connectivity index (χ3n) is 9.29. The van der Waals surface area contributed by atoms with Gasteiger partial charge in [0.2, 0.25) is 5.95 Å². The van der Waals surface area contributed by atoms with Gasteiger partial charge in [0.1, 0.15) is 4.83 Å². The van der Waals surface area contributed by atoms with E-state index in [2.05, 4.69) is 166 Å². The summed E-state index contributed by atoms with van der Waals surface area (Å²) < 4.78 is 4.52. The molecule has 0 aliphatic heterocycles. The predicted octanol–water partition coefficient (Wildman–Crippen LogP) is 11.2. The Morgan fingerprint density at radius 1 is 0.511 bits per heavy atom. The van der Waals surface area contributed by atoms with Crippen molar-refractivity contribution in [2.24, 2.45) is 0 Å². The Kier molecular flexibility index (Phi) is 5.71. The summed E-state index contributed by atoms with van der Waals surface area (Å²) in [6, 6.07) is 51.8. The van der Waals surface area contributed by atoms with Gasteiger partial charge in [-0.05, 0) is 69.7 Å². The first-order valence-corrected chi connectivity index (χ1v) is 16.6. The predicted molar refractivity (Wildman–Crippen MR) is 197 cm³/mol. The van der Waals surface area contributed by atoms with Crippen LogP contribution in [0.3, 0.4) is 0 Å². The number of nitrogens with zero attached hydrogens (tertiary/aromatic N) is 4. The second-order valence-corrected chi connectivity index (χ2v) is 12.8. The van der Waals surface area contributed by atoms with Gasteiger partial charge in [0.25, 0.3) is 0 Å². The summed E-state index contributed by atoms with van der Waals surface area (Å²) >= 11 is 1.66. The van der Waals surface area contributed by atoms with E-state index in [1.807, 2.05) is 0 Å². The van der Waals surface area contributed by atoms with Gasteiger partial charge in [0.15, 0.2) is 0 Å². The number of benzene rings is 6. The molecule has 0 unspecified atom stereocenters. The van der Waals surface area contributed by atoms with Crippen molar-refractivity contribution in [3.05, 3.63) is 157 Å². The van der Waals surface area contributed by atoms with E-state index in [-0.39, 0.29) is 0 Å². The summed E-state index contributed by atoms with van der Waals surface area (Å²) in [5.74, 6) is 0.677. The van der Waals surface area contributed by atoms with Gasteiger partial charge < -0.3 is 4.57 Å². The van der Waals surface area contributed by atoms with E-state index in [4.69, 9.17) is 9.97 Å². The highest BCUT2D eigenvalue weighted by atomic mass is 32.1. The molecule has 0 amide bonds. The molecule has 4 aromatic heterocycles. The molecule has 0 spiro atoms. The molecular weight excluding hydrogens is 593 g/mol. The van der Waals surface area contributed by atoms with Crippen molar-refractivity contribution in [3.63, 3.8) is 0 Å². The van der Waals surface area contributed by atoms with Crippen LogP contribution in [0.1, 0.15) is 0 Å². The molecule has 0 aliphatic rings. The van der Waals surface area contributed by atoms with E-state index >= 15 is 0 Å². The molecule has 0 atom stereocenters. The second kappa shape index (κ2) is 10.2. The number of thiophene rings is 1. The molecule has 220 valence electrons. The van der Waals surface area contributed by atoms with Gasteiger partial charge in [-0.1, -0.05) is 103 Å². The van der Waals surface area contributed by atoms with Crippen LogP contribution in [-0.4, -0.2) is 19.1 Å². The third kappa shape index (κ3) is 4.00. The number of fused-ring (bicyclic) bond motifs is 7. The molecular formula is C42H26N4S. The number of rotatable bonds is 4. The average Bonchev–Trinajstić information content (AvgIpc) is 3.87. The SMILES string of the molecule is c1ccc(-n2ccc3c2ccc2c4ccccc4n(-c4nc(-c5cccc(-c6cccc7ccccc67)c5)c5ccsc5n4)c23)cc1. The Hall–Kier alpha value is -6.04. The molecule has 0 fully saturated rings. The highest BCUT2D eigenvalue weighted by Gasteiger charge is 2.20. The summed E-state index contributed by atoms with van der Waals surface area (Å²) in [6.45, 7) is 0. The molecule has 0 radical (unpaired) electrons. The smallest absolute Gasteiger partial charge is 0.236 e. The number of para-hydroxylation sites is 2. The van der Waals surface area contributed by atoms with Crippen LogP contribution in [-0.2, 0) is 0 Å². The summed E-state index contributed by atoms with van der Waals surface area (Å²) in [5.41, 5.74) is 8.88. The lowest BCUT2D eigenvalue weighted by molar-refractivity contribution is 1.02. The number of hydrogen-bond acceptors (Lipinski definition) is 3. The molecule has 47 heavy (non-hydrogen) atoms. The molecule has 0 N–H and O–H groups in total. The summed E-state index contributed by atoms with van der Waals surface area (Å²) in [7, 11) is 0. The minimum absolute atomic E-state index is 0.677. The van der Waals surface area contributed by atoms with Gasteiger partial charge >= 0.3 is 0 Å². The first-order valence-electron chi connectivity index (χ1n) is 15.7. The van der Waals surface area contributed by atoms with E-state index < -0.39 is 0 Å². The van der Waals surface area contributed by atoms with Gasteiger partial charge in [-0.25, -0.2) is 9.97 Å². The lowest BCUT2D eigenvalue weighted by atomic mass is 9.96. The van der Waals surface area contributed by atoms with E-state index in [9.17, 15) is 0 Å². The van der Waals surface area contributed by atoms with E-state index in [0.717, 1.165) is 49.1 Å². The van der Waals surface area contributed by atoms with Gasteiger partial charge in [-0.2, -0.15) is 0 Å². The molecule has 0 saturated heterocycles. The molecule has 10 aromatic rings. The van der Waals surface area contributed by atoms with Crippen molar-refractivity contribution >= 4 is 65.0 Å². The van der Waals surface area contributed by atoms with Crippen LogP contribution in [0, 0.1) is 0 Å². The van der Waals surface area contributed by atoms with E-state index in [1.165, 1.54) is 32.7 Å². The summed E-state index contributed by atoms with van der Waals surface area (Å²) in [5, 5.41) is 9.20. The van der Waals surface area contributed by atoms with Crippen molar-refractivity contribution in [2.75, 3.05) is 0 Å². The van der Waals surface area contributed by atoms with Crippen LogP contribution >= 0.6 is 11.3 Å². The fraction of sp³-hybridized carbons (Fsp3) is 0. The van der Waals surface area contributed by atoms with Crippen LogP contribution in [0.25, 0.3) is 87.7 Å². The van der Waals surface area contributed by atoms with Crippen molar-refractivity contribution in [2.45, 2.75) is 0 Å². The molecule has 0 saturated carbocycles. The average molecular weight is 619 g/mol. The van der Waals surface area contributed by atoms with Gasteiger partial charge in [0.05, 0.1) is 22.2 Å². The molecule has 4 heterocycles. The van der Waals surface area contributed by atoms with Crippen molar-refractivity contribution < 1.29 is 0 Å². The largest absolute Gasteiger partial charge is 0.316 e. The normalized spacial score (nSPS) is 11.8. The monoisotopic (exact) mass is 618 g/mol. The van der Waals surface area contributed by atoms with Crippen LogP contribution in [0.15, 0.2) is 157 Å². The summed E-state index contributed by atoms with van der Waals surface area (Å²) in [4.78, 5) is 11.6. The fourth-order valence-electron chi connectivity index (χ4n) is 7.17. The van der Waals surface area contributed by atoms with Crippen LogP contribution in [0.4, 0.5) is 0 Å². The van der Waals surface area contributed by atoms with Crippen molar-refractivity contribution in [1.82, 2.24) is 19.1 Å². The molecule has 0 bridgehead atoms. The van der Waals surface area contributed by atoms with E-state index in [1.54, 1.807) is 11.3 Å². The Morgan fingerprint density at radius 2 is 1.30 bits per heavy atom. The molecule has 5 heteroatoms. The Bertz CT molecular complexity index is 2800. The second-order valence-electron chi connectivity index (χ2n) is 11.9. The maximum atomic E-state index is 5.41. The fourth-order valence-corrected chi connectivity index (χ4v) is 7.93. The number of hydrogen-bond donors (Lipinski definition) is 0. The minimum atomic E-state index is 0.677. The first-order chi connectivity index (χ1) is 23.3. The topological polar surface area (TPSA) is 35.6 Å². The maximum Gasteiger partial charge on any atom is 0.236 e. The van der Waals surface area contributed by atoms with Crippen LogP contribution < -0.4 is 0 Å². The first kappa shape index (κ1) is 26.2. The zero-order valence-corrected chi connectivity index (χ0v) is 26.0. The van der Waals surface area contributed by atoms with Crippen molar-refractivity contribution in [1.29, 1.82) is 0 Å². The van der Waals surface area contributed by atoms with Crippen LogP contribution in [0.5, 0.6) is 0 Å². The van der Waals surface area contributed by atoms with Gasteiger partial charge in [-0.3, -0.25) is 4.57 Å². The molecule has 10 rings (SSSR count). The lowest BCUT2D eigenvalue weighted by Gasteiger charge is -2.12. The van der Waals surface area contributed by atoms with Crippen molar-refractivity contribution in [3.8, 4) is 34.0 Å². The van der Waals surface area contributed by atoms with Gasteiger partial charge in [-0.15, -0.1) is 11.3 Å². The molecule has 6 aromatic carbocycles. The minimum Gasteiger partial charge on any atom is -0.316 e. The standard InChI is InChI=1S/C42H26N4S/c1-2-14-30(15-3-1)45-24-22-35-37(45)21-20-34-33-17-6-7-19-38(33)46(40(34)35)42-43-39(36-23-25-47-41(36)44-42)29-13-8-12-28(26-29)32-18-9-11-27-10-4-5-16-31(27)32/h1-26H.